The summed E-state index contributed by atoms with van der Waals surface area (Å²) in [6.07, 6.45) is 3.20. The van der Waals surface area contributed by atoms with Crippen LogP contribution in [0.15, 0.2) is 71.2 Å². The molecule has 4 aromatic rings. The van der Waals surface area contributed by atoms with Crippen molar-refractivity contribution in [3.63, 3.8) is 0 Å². The fraction of sp³-hybridized carbons (Fsp3) is 0.172. The van der Waals surface area contributed by atoms with Crippen molar-refractivity contribution in [3.8, 4) is 11.5 Å². The van der Waals surface area contributed by atoms with Crippen molar-refractivity contribution >= 4 is 45.2 Å². The van der Waals surface area contributed by atoms with Crippen molar-refractivity contribution in [2.45, 2.75) is 27.0 Å². The summed E-state index contributed by atoms with van der Waals surface area (Å²) in [5.41, 5.74) is 4.71. The summed E-state index contributed by atoms with van der Waals surface area (Å²) in [6, 6.07) is 17.2. The monoisotopic (exact) mass is 597 g/mol. The van der Waals surface area contributed by atoms with Crippen LogP contribution in [-0.4, -0.2) is 22.8 Å². The lowest BCUT2D eigenvalue weighted by Crippen LogP contribution is -2.10. The number of ether oxygens (including phenoxy) is 2. The van der Waals surface area contributed by atoms with Gasteiger partial charge in [0, 0.05) is 16.7 Å². The van der Waals surface area contributed by atoms with Gasteiger partial charge >= 0.3 is 0 Å². The number of anilines is 1. The first-order chi connectivity index (χ1) is 18.2. The minimum Gasteiger partial charge on any atom is -0.496 e. The zero-order chi connectivity index (χ0) is 27.2. The molecule has 0 aliphatic carbocycles. The van der Waals surface area contributed by atoms with E-state index in [1.807, 2.05) is 32.0 Å². The van der Waals surface area contributed by atoms with Crippen LogP contribution in [0.4, 0.5) is 10.1 Å². The van der Waals surface area contributed by atoms with Crippen LogP contribution in [0, 0.1) is 19.7 Å². The molecule has 196 valence electrons. The smallest absolute Gasteiger partial charge is 0.248 e. The maximum atomic E-state index is 13.2. The molecule has 1 N–H and O–H groups in total. The van der Waals surface area contributed by atoms with Crippen molar-refractivity contribution in [1.29, 1.82) is 0 Å². The number of halogens is 3. The number of carbonyl (C=O) groups is 1. The van der Waals surface area contributed by atoms with E-state index in [4.69, 9.17) is 21.1 Å². The molecule has 0 saturated carbocycles. The number of amides is 1. The van der Waals surface area contributed by atoms with Crippen LogP contribution in [0.3, 0.4) is 0 Å². The lowest BCUT2D eigenvalue weighted by atomic mass is 10.1. The number of hydrogen-bond acceptors (Lipinski definition) is 4. The molecule has 0 radical (unpaired) electrons. The molecule has 9 heteroatoms. The first-order valence-electron chi connectivity index (χ1n) is 11.8. The summed E-state index contributed by atoms with van der Waals surface area (Å²) in [5.74, 6) is 0.767. The van der Waals surface area contributed by atoms with Crippen LogP contribution in [0.2, 0.25) is 5.02 Å². The molecule has 0 bridgehead atoms. The summed E-state index contributed by atoms with van der Waals surface area (Å²) >= 11 is 9.46. The van der Waals surface area contributed by atoms with E-state index >= 15 is 0 Å². The van der Waals surface area contributed by atoms with Gasteiger partial charge in [-0.15, -0.1) is 0 Å². The van der Waals surface area contributed by atoms with Crippen molar-refractivity contribution < 1.29 is 18.7 Å². The number of nitrogens with zero attached hydrogens (tertiary/aromatic N) is 2. The van der Waals surface area contributed by atoms with Gasteiger partial charge in [-0.2, -0.15) is 5.10 Å². The summed E-state index contributed by atoms with van der Waals surface area (Å²) in [5, 5.41) is 8.07. The van der Waals surface area contributed by atoms with Gasteiger partial charge in [0.25, 0.3) is 0 Å². The molecule has 38 heavy (non-hydrogen) atoms. The lowest BCUT2D eigenvalue weighted by Gasteiger charge is -2.12. The molecule has 0 spiro atoms. The Balaban J connectivity index is 1.43. The van der Waals surface area contributed by atoms with Gasteiger partial charge in [0.05, 0.1) is 35.2 Å². The molecule has 3 aromatic carbocycles. The fourth-order valence-electron chi connectivity index (χ4n) is 3.89. The number of aromatic nitrogens is 2. The fourth-order valence-corrected chi connectivity index (χ4v) is 4.69. The molecule has 4 rings (SSSR count). The minimum absolute atomic E-state index is 0.267. The first kappa shape index (κ1) is 27.4. The Morgan fingerprint density at radius 1 is 1.11 bits per heavy atom. The van der Waals surface area contributed by atoms with Crippen LogP contribution in [0.1, 0.15) is 28.1 Å². The van der Waals surface area contributed by atoms with Crippen molar-refractivity contribution in [2.75, 3.05) is 12.4 Å². The van der Waals surface area contributed by atoms with E-state index in [1.54, 1.807) is 48.2 Å². The van der Waals surface area contributed by atoms with E-state index in [1.165, 1.54) is 18.2 Å². The zero-order valence-corrected chi connectivity index (χ0v) is 23.4. The van der Waals surface area contributed by atoms with Crippen LogP contribution in [0.5, 0.6) is 11.5 Å². The summed E-state index contributed by atoms with van der Waals surface area (Å²) < 4.78 is 27.2. The van der Waals surface area contributed by atoms with Crippen LogP contribution in [-0.2, 0) is 17.9 Å². The second kappa shape index (κ2) is 12.3. The second-order valence-electron chi connectivity index (χ2n) is 8.59. The molecule has 1 aromatic heterocycles. The number of carbonyl (C=O) groups excluding carboxylic acids is 1. The molecular weight excluding hydrogens is 573 g/mol. The molecule has 6 nitrogen and oxygen atoms in total. The molecule has 0 atom stereocenters. The molecule has 1 amide bonds. The third kappa shape index (κ3) is 6.82. The average Bonchev–Trinajstić information content (AvgIpc) is 3.15. The van der Waals surface area contributed by atoms with Gasteiger partial charge in [-0.3, -0.25) is 9.48 Å². The van der Waals surface area contributed by atoms with Gasteiger partial charge in [0.1, 0.15) is 23.9 Å². The van der Waals surface area contributed by atoms with Crippen molar-refractivity contribution in [2.24, 2.45) is 0 Å². The Labute approximate surface area is 234 Å². The molecule has 0 unspecified atom stereocenters. The minimum atomic E-state index is -0.284. The Hall–Kier alpha value is -3.62. The predicted molar refractivity (Wildman–Crippen MR) is 151 cm³/mol. The molecule has 1 heterocycles. The van der Waals surface area contributed by atoms with E-state index in [0.29, 0.717) is 34.4 Å². The first-order valence-corrected chi connectivity index (χ1v) is 12.9. The number of hydrogen-bond donors (Lipinski definition) is 1. The zero-order valence-electron chi connectivity index (χ0n) is 21.1. The molecule has 0 fully saturated rings. The number of aryl methyl sites for hydroxylation is 1. The third-order valence-electron chi connectivity index (χ3n) is 5.88. The van der Waals surface area contributed by atoms with Crippen molar-refractivity contribution in [1.82, 2.24) is 9.78 Å². The normalized spacial score (nSPS) is 11.1. The summed E-state index contributed by atoms with van der Waals surface area (Å²) in [7, 11) is 1.60. The molecule has 0 aliphatic heterocycles. The van der Waals surface area contributed by atoms with Gasteiger partial charge < -0.3 is 14.8 Å². The number of nitrogens with one attached hydrogen (secondary N) is 1. The highest BCUT2D eigenvalue weighted by atomic mass is 79.9. The van der Waals surface area contributed by atoms with Crippen LogP contribution < -0.4 is 14.8 Å². The Morgan fingerprint density at radius 2 is 1.84 bits per heavy atom. The molecule has 0 saturated heterocycles. The number of benzene rings is 3. The van der Waals surface area contributed by atoms with Gasteiger partial charge in [0.15, 0.2) is 0 Å². The Morgan fingerprint density at radius 3 is 2.55 bits per heavy atom. The van der Waals surface area contributed by atoms with Gasteiger partial charge in [-0.05, 0) is 89.4 Å². The van der Waals surface area contributed by atoms with E-state index in [0.717, 1.165) is 26.9 Å². The van der Waals surface area contributed by atoms with E-state index < -0.39 is 0 Å². The maximum absolute atomic E-state index is 13.2. The van der Waals surface area contributed by atoms with E-state index in [9.17, 15) is 9.18 Å². The van der Waals surface area contributed by atoms with E-state index in [2.05, 4.69) is 26.3 Å². The standard InChI is InChI=1S/C29H26BrClFN3O3/c1-18-29(19(2)35(34-18)16-21-4-9-24(32)10-5-21)33-28(36)13-7-20-6-11-26(37-3)22(14-20)17-38-27-12-8-23(31)15-25(27)30/h4-15H,16-17H2,1-3H3,(H,33,36)/b13-7-. The lowest BCUT2D eigenvalue weighted by molar-refractivity contribution is -0.111. The van der Waals surface area contributed by atoms with Crippen molar-refractivity contribution in [3.05, 3.63) is 110 Å². The van der Waals surface area contributed by atoms with Gasteiger partial charge in [0.2, 0.25) is 5.91 Å². The quantitative estimate of drug-likeness (QED) is 0.205. The largest absolute Gasteiger partial charge is 0.496 e. The summed E-state index contributed by atoms with van der Waals surface area (Å²) in [6.45, 7) is 4.46. The number of methoxy groups -OCH3 is 1. The number of rotatable bonds is 9. The average molecular weight is 599 g/mol. The molecular formula is C29H26BrClFN3O3. The predicted octanol–water partition coefficient (Wildman–Crippen LogP) is 7.34. The second-order valence-corrected chi connectivity index (χ2v) is 9.88. The Kier molecular flexibility index (Phi) is 8.86. The highest BCUT2D eigenvalue weighted by Gasteiger charge is 2.14. The topological polar surface area (TPSA) is 65.4 Å². The maximum Gasteiger partial charge on any atom is 0.248 e. The van der Waals surface area contributed by atoms with Gasteiger partial charge in [-0.1, -0.05) is 29.8 Å². The highest BCUT2D eigenvalue weighted by molar-refractivity contribution is 9.10. The molecule has 0 aliphatic rings. The van der Waals surface area contributed by atoms with Crippen LogP contribution in [0.25, 0.3) is 6.08 Å². The SMILES string of the molecule is COc1ccc(/C=C\C(=O)Nc2c(C)nn(Cc3ccc(F)cc3)c2C)cc1COc1ccc(Cl)cc1Br. The van der Waals surface area contributed by atoms with Crippen LogP contribution >= 0.6 is 27.5 Å². The Bertz CT molecular complexity index is 1490. The summed E-state index contributed by atoms with van der Waals surface area (Å²) in [4.78, 5) is 12.7. The van der Waals surface area contributed by atoms with Gasteiger partial charge in [-0.25, -0.2) is 4.39 Å². The third-order valence-corrected chi connectivity index (χ3v) is 6.74. The highest BCUT2D eigenvalue weighted by Crippen LogP contribution is 2.30. The van der Waals surface area contributed by atoms with E-state index in [-0.39, 0.29) is 18.3 Å².